The van der Waals surface area contributed by atoms with Gasteiger partial charge in [-0.3, -0.25) is 4.79 Å². The van der Waals surface area contributed by atoms with E-state index < -0.39 is 12.1 Å². The summed E-state index contributed by atoms with van der Waals surface area (Å²) in [4.78, 5) is 27.7. The van der Waals surface area contributed by atoms with Gasteiger partial charge in [0.15, 0.2) is 6.10 Å². The first-order valence-electron chi connectivity index (χ1n) is 6.56. The Balaban J connectivity index is 1.66. The molecule has 2 aromatic heterocycles. The molecule has 104 valence electrons. The molecule has 1 amide bonds. The Morgan fingerprint density at radius 2 is 2.30 bits per heavy atom. The van der Waals surface area contributed by atoms with Gasteiger partial charge in [0.25, 0.3) is 5.91 Å². The quantitative estimate of drug-likeness (QED) is 0.848. The van der Waals surface area contributed by atoms with E-state index in [4.69, 9.17) is 4.74 Å². The molecular formula is C14H15N3O3. The lowest BCUT2D eigenvalue weighted by Crippen LogP contribution is -2.37. The number of nitrogens with one attached hydrogen (secondary N) is 1. The largest absolute Gasteiger partial charge is 0.449 e. The van der Waals surface area contributed by atoms with Gasteiger partial charge in [0, 0.05) is 12.2 Å². The number of hydrogen-bond donors (Lipinski definition) is 1. The van der Waals surface area contributed by atoms with Crippen molar-refractivity contribution in [1.82, 2.24) is 14.7 Å². The molecule has 2 aromatic rings. The smallest absolute Gasteiger partial charge is 0.339 e. The number of esters is 1. The van der Waals surface area contributed by atoms with Crippen molar-refractivity contribution in [3.05, 3.63) is 36.4 Å². The van der Waals surface area contributed by atoms with Crippen LogP contribution in [0.25, 0.3) is 5.52 Å². The maximum Gasteiger partial charge on any atom is 0.339 e. The molecular weight excluding hydrogens is 258 g/mol. The number of carbonyl (C=O) groups excluding carboxylic acids is 2. The first kappa shape index (κ1) is 12.7. The average Bonchev–Trinajstić information content (AvgIpc) is 3.12. The minimum atomic E-state index is -0.788. The zero-order valence-corrected chi connectivity index (χ0v) is 11.1. The molecule has 6 nitrogen and oxygen atoms in total. The summed E-state index contributed by atoms with van der Waals surface area (Å²) >= 11 is 0. The van der Waals surface area contributed by atoms with Gasteiger partial charge in [-0.2, -0.15) is 0 Å². The second-order valence-corrected chi connectivity index (χ2v) is 4.97. The van der Waals surface area contributed by atoms with E-state index in [0.717, 1.165) is 18.4 Å². The van der Waals surface area contributed by atoms with E-state index in [-0.39, 0.29) is 11.9 Å². The summed E-state index contributed by atoms with van der Waals surface area (Å²) in [5.41, 5.74) is 1.21. The lowest BCUT2D eigenvalue weighted by atomic mass is 10.2. The van der Waals surface area contributed by atoms with Crippen LogP contribution < -0.4 is 5.32 Å². The second-order valence-electron chi connectivity index (χ2n) is 4.97. The van der Waals surface area contributed by atoms with Crippen LogP contribution in [0.2, 0.25) is 0 Å². The molecule has 1 saturated carbocycles. The summed E-state index contributed by atoms with van der Waals surface area (Å²) in [6, 6.07) is 3.58. The van der Waals surface area contributed by atoms with Crippen LogP contribution >= 0.6 is 0 Å². The number of nitrogens with zero attached hydrogens (tertiary/aromatic N) is 2. The van der Waals surface area contributed by atoms with E-state index >= 15 is 0 Å². The number of rotatable bonds is 4. The molecule has 1 fully saturated rings. The third-order valence-corrected chi connectivity index (χ3v) is 3.23. The van der Waals surface area contributed by atoms with Crippen molar-refractivity contribution < 1.29 is 14.3 Å². The molecule has 0 aromatic carbocycles. The Morgan fingerprint density at radius 1 is 1.50 bits per heavy atom. The number of imidazole rings is 1. The lowest BCUT2D eigenvalue weighted by Gasteiger charge is -2.13. The summed E-state index contributed by atoms with van der Waals surface area (Å²) in [6.07, 6.45) is 6.25. The van der Waals surface area contributed by atoms with Gasteiger partial charge in [0.05, 0.1) is 23.6 Å². The molecule has 0 spiro atoms. The molecule has 1 aliphatic carbocycles. The van der Waals surface area contributed by atoms with E-state index in [0.29, 0.717) is 5.56 Å². The van der Waals surface area contributed by atoms with Crippen molar-refractivity contribution in [3.63, 3.8) is 0 Å². The molecule has 0 radical (unpaired) electrons. The summed E-state index contributed by atoms with van der Waals surface area (Å²) in [6.45, 7) is 1.58. The van der Waals surface area contributed by atoms with Crippen LogP contribution in [0.5, 0.6) is 0 Å². The molecule has 3 rings (SSSR count). The van der Waals surface area contributed by atoms with Gasteiger partial charge in [-0.25, -0.2) is 9.78 Å². The van der Waals surface area contributed by atoms with E-state index in [2.05, 4.69) is 10.3 Å². The van der Waals surface area contributed by atoms with Gasteiger partial charge in [-0.05, 0) is 31.9 Å². The fourth-order valence-electron chi connectivity index (χ4n) is 1.87. The van der Waals surface area contributed by atoms with Gasteiger partial charge in [0.2, 0.25) is 0 Å². The number of amides is 1. The lowest BCUT2D eigenvalue weighted by molar-refractivity contribution is -0.129. The van der Waals surface area contributed by atoms with Crippen LogP contribution in [0.15, 0.2) is 30.9 Å². The number of pyridine rings is 1. The second kappa shape index (κ2) is 4.96. The van der Waals surface area contributed by atoms with Crippen LogP contribution in [0.1, 0.15) is 30.1 Å². The molecule has 0 unspecified atom stereocenters. The highest BCUT2D eigenvalue weighted by Crippen LogP contribution is 2.19. The minimum Gasteiger partial charge on any atom is -0.449 e. The summed E-state index contributed by atoms with van der Waals surface area (Å²) in [5, 5.41) is 2.81. The number of fused-ring (bicyclic) bond motifs is 1. The Kier molecular flexibility index (Phi) is 3.14. The zero-order chi connectivity index (χ0) is 14.1. The third kappa shape index (κ3) is 2.64. The Hall–Kier alpha value is -2.37. The van der Waals surface area contributed by atoms with E-state index in [1.807, 2.05) is 0 Å². The SMILES string of the molecule is C[C@@H](OC(=O)c1ccn2cncc2c1)C(=O)NC1CC1. The molecule has 20 heavy (non-hydrogen) atoms. The Labute approximate surface area is 115 Å². The van der Waals surface area contributed by atoms with Crippen molar-refractivity contribution in [2.45, 2.75) is 31.9 Å². The van der Waals surface area contributed by atoms with E-state index in [1.54, 1.807) is 42.2 Å². The number of aromatic nitrogens is 2. The molecule has 0 saturated heterocycles. The predicted molar refractivity (Wildman–Crippen MR) is 71.2 cm³/mol. The summed E-state index contributed by atoms with van der Waals surface area (Å²) in [7, 11) is 0. The topological polar surface area (TPSA) is 72.7 Å². The Morgan fingerprint density at radius 3 is 3.05 bits per heavy atom. The van der Waals surface area contributed by atoms with E-state index in [9.17, 15) is 9.59 Å². The van der Waals surface area contributed by atoms with Gasteiger partial charge in [-0.1, -0.05) is 0 Å². The van der Waals surface area contributed by atoms with E-state index in [1.165, 1.54) is 0 Å². The molecule has 0 bridgehead atoms. The minimum absolute atomic E-state index is 0.244. The van der Waals surface area contributed by atoms with Crippen molar-refractivity contribution in [2.75, 3.05) is 0 Å². The summed E-state index contributed by atoms with van der Waals surface area (Å²) in [5.74, 6) is -0.751. The fraction of sp³-hybridized carbons (Fsp3) is 0.357. The highest BCUT2D eigenvalue weighted by atomic mass is 16.5. The van der Waals surface area contributed by atoms with Crippen molar-refractivity contribution in [2.24, 2.45) is 0 Å². The molecule has 2 heterocycles. The average molecular weight is 273 g/mol. The first-order chi connectivity index (χ1) is 9.63. The molecule has 1 atom stereocenters. The highest BCUT2D eigenvalue weighted by Gasteiger charge is 2.27. The van der Waals surface area contributed by atoms with Gasteiger partial charge >= 0.3 is 5.97 Å². The molecule has 1 aliphatic rings. The Bertz CT molecular complexity index is 660. The zero-order valence-electron chi connectivity index (χ0n) is 11.1. The molecule has 0 aliphatic heterocycles. The van der Waals surface area contributed by atoms with Crippen molar-refractivity contribution in [3.8, 4) is 0 Å². The molecule has 1 N–H and O–H groups in total. The first-order valence-corrected chi connectivity index (χ1v) is 6.56. The standard InChI is InChI=1S/C14H15N3O3/c1-9(13(18)16-11-2-3-11)20-14(19)10-4-5-17-8-15-7-12(17)6-10/h4-9,11H,2-3H2,1H3,(H,16,18)/t9-/m1/s1. The summed E-state index contributed by atoms with van der Waals surface area (Å²) < 4.78 is 6.96. The van der Waals surface area contributed by atoms with Crippen LogP contribution in [0, 0.1) is 0 Å². The maximum atomic E-state index is 12.0. The number of carbonyl (C=O) groups is 2. The van der Waals surface area contributed by atoms with Crippen LogP contribution in [0.3, 0.4) is 0 Å². The number of hydrogen-bond acceptors (Lipinski definition) is 4. The normalized spacial score (nSPS) is 15.8. The van der Waals surface area contributed by atoms with Crippen molar-refractivity contribution >= 4 is 17.4 Å². The van der Waals surface area contributed by atoms with Gasteiger partial charge < -0.3 is 14.5 Å². The fourth-order valence-corrected chi connectivity index (χ4v) is 1.87. The van der Waals surface area contributed by atoms with Crippen LogP contribution in [0.4, 0.5) is 0 Å². The highest BCUT2D eigenvalue weighted by molar-refractivity contribution is 5.93. The van der Waals surface area contributed by atoms with Gasteiger partial charge in [0.1, 0.15) is 0 Å². The third-order valence-electron chi connectivity index (χ3n) is 3.23. The molecule has 6 heteroatoms. The van der Waals surface area contributed by atoms with Crippen LogP contribution in [-0.4, -0.2) is 33.4 Å². The monoisotopic (exact) mass is 273 g/mol. The van der Waals surface area contributed by atoms with Gasteiger partial charge in [-0.15, -0.1) is 0 Å². The predicted octanol–water partition coefficient (Wildman–Crippen LogP) is 1.16. The number of ether oxygens (including phenoxy) is 1. The van der Waals surface area contributed by atoms with Crippen LogP contribution in [-0.2, 0) is 9.53 Å². The maximum absolute atomic E-state index is 12.0. The van der Waals surface area contributed by atoms with Crippen molar-refractivity contribution in [1.29, 1.82) is 0 Å².